The number of aromatic nitrogens is 4. The summed E-state index contributed by atoms with van der Waals surface area (Å²) in [6.07, 6.45) is 5.54. The van der Waals surface area contributed by atoms with Gasteiger partial charge in [0.1, 0.15) is 5.52 Å². The zero-order valence-corrected chi connectivity index (χ0v) is 12.5. The molecule has 2 aromatic heterocycles. The molecule has 4 unspecified atom stereocenters. The molecule has 0 radical (unpaired) electrons. The van der Waals surface area contributed by atoms with E-state index in [2.05, 4.69) is 24.8 Å². The molecule has 4 atom stereocenters. The zero-order chi connectivity index (χ0) is 15.1. The number of amides is 1. The first-order valence-corrected chi connectivity index (χ1v) is 7.90. The molecule has 1 saturated heterocycles. The van der Waals surface area contributed by atoms with Crippen molar-refractivity contribution in [1.82, 2.24) is 24.8 Å². The average molecular weight is 319 g/mol. The minimum absolute atomic E-state index is 0.0103. The van der Waals surface area contributed by atoms with Crippen LogP contribution in [0.3, 0.4) is 0 Å². The van der Waals surface area contributed by atoms with E-state index in [1.165, 1.54) is 0 Å². The number of carbonyl (C=O) groups excluding carboxylic acids is 1. The molecule has 22 heavy (non-hydrogen) atoms. The Hall–Kier alpha value is -1.89. The molecule has 1 spiro atoms. The van der Waals surface area contributed by atoms with Crippen LogP contribution < -0.4 is 11.1 Å². The first kappa shape index (κ1) is 12.6. The van der Waals surface area contributed by atoms with Gasteiger partial charge in [0.15, 0.2) is 10.8 Å². The van der Waals surface area contributed by atoms with Crippen molar-refractivity contribution in [3.63, 3.8) is 0 Å². The fourth-order valence-corrected chi connectivity index (χ4v) is 5.04. The molecule has 3 heterocycles. The van der Waals surface area contributed by atoms with Crippen molar-refractivity contribution in [2.45, 2.75) is 37.3 Å². The standard InChI is InChI=1S/C14H15ClN6O/c15-11-10-12(19-13(16)18-11)21(5-17-10)8-4-14-3-6(1-7(8)14)2-9(22)20-14/h5-8H,1-4H2,(H,20,22)(H2,16,18,19). The Bertz CT molecular complexity index is 819. The van der Waals surface area contributed by atoms with Crippen molar-refractivity contribution in [2.24, 2.45) is 11.8 Å². The summed E-state index contributed by atoms with van der Waals surface area (Å²) in [7, 11) is 0. The first-order valence-electron chi connectivity index (χ1n) is 7.52. The lowest BCUT2D eigenvalue weighted by Crippen LogP contribution is -2.62. The third-order valence-corrected chi connectivity index (χ3v) is 5.87. The van der Waals surface area contributed by atoms with Gasteiger partial charge in [-0.3, -0.25) is 4.79 Å². The predicted molar refractivity (Wildman–Crippen MR) is 80.1 cm³/mol. The molecule has 7 nitrogen and oxygen atoms in total. The van der Waals surface area contributed by atoms with Gasteiger partial charge >= 0.3 is 0 Å². The number of fused-ring (bicyclic) bond motifs is 2. The molecule has 3 fully saturated rings. The number of rotatable bonds is 1. The highest BCUT2D eigenvalue weighted by Gasteiger charge is 2.62. The zero-order valence-electron chi connectivity index (χ0n) is 11.8. The molecule has 2 bridgehead atoms. The van der Waals surface area contributed by atoms with Crippen LogP contribution in [0.25, 0.3) is 11.2 Å². The summed E-state index contributed by atoms with van der Waals surface area (Å²) in [5.74, 6) is 1.31. The van der Waals surface area contributed by atoms with Crippen LogP contribution in [0.15, 0.2) is 6.33 Å². The van der Waals surface area contributed by atoms with Gasteiger partial charge in [0.2, 0.25) is 11.9 Å². The lowest BCUT2D eigenvalue weighted by Gasteiger charge is -2.52. The quantitative estimate of drug-likeness (QED) is 0.772. The van der Waals surface area contributed by atoms with Crippen LogP contribution in [-0.4, -0.2) is 31.0 Å². The van der Waals surface area contributed by atoms with E-state index in [1.54, 1.807) is 6.33 Å². The number of nitrogens with zero attached hydrogens (tertiary/aromatic N) is 4. The van der Waals surface area contributed by atoms with Gasteiger partial charge in [0.25, 0.3) is 0 Å². The minimum Gasteiger partial charge on any atom is -0.368 e. The van der Waals surface area contributed by atoms with E-state index in [9.17, 15) is 4.79 Å². The van der Waals surface area contributed by atoms with Crippen molar-refractivity contribution in [1.29, 1.82) is 0 Å². The Morgan fingerprint density at radius 3 is 3.14 bits per heavy atom. The van der Waals surface area contributed by atoms with E-state index in [0.29, 0.717) is 35.5 Å². The maximum atomic E-state index is 11.8. The van der Waals surface area contributed by atoms with Gasteiger partial charge in [-0.1, -0.05) is 11.6 Å². The van der Waals surface area contributed by atoms with Crippen LogP contribution in [0.4, 0.5) is 5.95 Å². The molecule has 0 aromatic carbocycles. The van der Waals surface area contributed by atoms with E-state index in [4.69, 9.17) is 17.3 Å². The predicted octanol–water partition coefficient (Wildman–Crippen LogP) is 1.29. The molecule has 2 aliphatic carbocycles. The molecule has 1 amide bonds. The Kier molecular flexibility index (Phi) is 2.24. The molecule has 3 N–H and O–H groups in total. The third kappa shape index (κ3) is 1.47. The van der Waals surface area contributed by atoms with Crippen LogP contribution in [-0.2, 0) is 4.79 Å². The largest absolute Gasteiger partial charge is 0.368 e. The normalized spacial score (nSPS) is 36.0. The maximum absolute atomic E-state index is 11.8. The summed E-state index contributed by atoms with van der Waals surface area (Å²) >= 11 is 6.10. The number of nitrogens with two attached hydrogens (primary N) is 1. The number of nitrogen functional groups attached to an aromatic ring is 1. The number of hydrogen-bond donors (Lipinski definition) is 2. The molecule has 114 valence electrons. The van der Waals surface area contributed by atoms with E-state index in [1.807, 2.05) is 0 Å². The minimum atomic E-state index is -0.0103. The van der Waals surface area contributed by atoms with Crippen LogP contribution >= 0.6 is 11.6 Å². The van der Waals surface area contributed by atoms with Crippen molar-refractivity contribution >= 4 is 34.6 Å². The second kappa shape index (κ2) is 3.90. The van der Waals surface area contributed by atoms with Crippen LogP contribution in [0, 0.1) is 11.8 Å². The lowest BCUT2D eigenvalue weighted by molar-refractivity contribution is -0.128. The third-order valence-electron chi connectivity index (χ3n) is 5.60. The topological polar surface area (TPSA) is 98.7 Å². The van der Waals surface area contributed by atoms with E-state index < -0.39 is 0 Å². The van der Waals surface area contributed by atoms with Crippen molar-refractivity contribution in [3.8, 4) is 0 Å². The summed E-state index contributed by atoms with van der Waals surface area (Å²) in [4.78, 5) is 24.4. The van der Waals surface area contributed by atoms with Gasteiger partial charge in [-0.25, -0.2) is 4.98 Å². The highest BCUT2D eigenvalue weighted by molar-refractivity contribution is 6.33. The highest BCUT2D eigenvalue weighted by atomic mass is 35.5. The fraction of sp³-hybridized carbons (Fsp3) is 0.571. The second-order valence-electron chi connectivity index (χ2n) is 6.79. The van der Waals surface area contributed by atoms with Crippen LogP contribution in [0.5, 0.6) is 0 Å². The number of hydrogen-bond acceptors (Lipinski definition) is 5. The molecule has 2 aromatic rings. The molecule has 3 aliphatic rings. The first-order chi connectivity index (χ1) is 10.6. The summed E-state index contributed by atoms with van der Waals surface area (Å²) in [6.45, 7) is 0. The number of imidazole rings is 1. The molecule has 8 heteroatoms. The molecule has 5 rings (SSSR count). The number of halogens is 1. The average Bonchev–Trinajstić information content (AvgIpc) is 2.93. The maximum Gasteiger partial charge on any atom is 0.223 e. The summed E-state index contributed by atoms with van der Waals surface area (Å²) in [5.41, 5.74) is 6.98. The number of piperidine rings is 1. The van der Waals surface area contributed by atoms with Gasteiger partial charge in [-0.15, -0.1) is 0 Å². The van der Waals surface area contributed by atoms with E-state index in [-0.39, 0.29) is 22.5 Å². The van der Waals surface area contributed by atoms with Crippen molar-refractivity contribution in [2.75, 3.05) is 5.73 Å². The monoisotopic (exact) mass is 318 g/mol. The Morgan fingerprint density at radius 2 is 2.27 bits per heavy atom. The van der Waals surface area contributed by atoms with E-state index in [0.717, 1.165) is 19.3 Å². The van der Waals surface area contributed by atoms with Crippen LogP contribution in [0.2, 0.25) is 5.15 Å². The Morgan fingerprint density at radius 1 is 1.41 bits per heavy atom. The highest BCUT2D eigenvalue weighted by Crippen LogP contribution is 2.61. The van der Waals surface area contributed by atoms with E-state index >= 15 is 0 Å². The van der Waals surface area contributed by atoms with Gasteiger partial charge in [0.05, 0.1) is 6.33 Å². The fourth-order valence-electron chi connectivity index (χ4n) is 4.82. The molecular weight excluding hydrogens is 304 g/mol. The van der Waals surface area contributed by atoms with Gasteiger partial charge in [0, 0.05) is 23.9 Å². The van der Waals surface area contributed by atoms with Crippen molar-refractivity contribution in [3.05, 3.63) is 11.5 Å². The van der Waals surface area contributed by atoms with Crippen LogP contribution in [0.1, 0.15) is 31.7 Å². The van der Waals surface area contributed by atoms with Gasteiger partial charge < -0.3 is 15.6 Å². The lowest BCUT2D eigenvalue weighted by atomic mass is 9.64. The molecule has 2 saturated carbocycles. The Labute approximate surface area is 131 Å². The molecule has 1 aliphatic heterocycles. The summed E-state index contributed by atoms with van der Waals surface area (Å²) in [6, 6.07) is 0.291. The van der Waals surface area contributed by atoms with Gasteiger partial charge in [-0.05, 0) is 25.2 Å². The van der Waals surface area contributed by atoms with Gasteiger partial charge in [-0.2, -0.15) is 9.97 Å². The summed E-state index contributed by atoms with van der Waals surface area (Å²) in [5, 5.41) is 3.51. The number of carbonyl (C=O) groups is 1. The van der Waals surface area contributed by atoms with Crippen molar-refractivity contribution < 1.29 is 4.79 Å². The summed E-state index contributed by atoms with van der Waals surface area (Å²) < 4.78 is 2.06. The SMILES string of the molecule is Nc1nc(Cl)c2ncn(C3CC45CC(CC(=O)N4)CC35)c2n1. The smallest absolute Gasteiger partial charge is 0.223 e. The second-order valence-corrected chi connectivity index (χ2v) is 7.15. The number of anilines is 1. The molecular formula is C14H15ClN6O. The number of nitrogens with one attached hydrogen (secondary N) is 1. The Balaban J connectivity index is 1.57.